The Morgan fingerprint density at radius 2 is 2.12 bits per heavy atom. The van der Waals surface area contributed by atoms with Gasteiger partial charge >= 0.3 is 0 Å². The molecule has 2 aromatic heterocycles. The molecule has 0 bridgehead atoms. The number of hydrogen-bond acceptors (Lipinski definition) is 2. The first-order chi connectivity index (χ1) is 8.24. The summed E-state index contributed by atoms with van der Waals surface area (Å²) >= 11 is 3.31. The summed E-state index contributed by atoms with van der Waals surface area (Å²) in [6.45, 7) is 0. The molecule has 0 spiro atoms. The second-order valence-corrected chi connectivity index (χ2v) is 4.50. The first kappa shape index (κ1) is 10.4. The van der Waals surface area contributed by atoms with Gasteiger partial charge in [-0.25, -0.2) is 14.4 Å². The summed E-state index contributed by atoms with van der Waals surface area (Å²) < 4.78 is 14.5. The number of H-pyrrole nitrogens is 1. The zero-order chi connectivity index (χ0) is 11.8. The van der Waals surface area contributed by atoms with Crippen LogP contribution in [0.5, 0.6) is 0 Å². The second kappa shape index (κ2) is 3.92. The van der Waals surface area contributed by atoms with Gasteiger partial charge in [-0.05, 0) is 30.3 Å². The molecule has 3 aromatic rings. The number of nitrogens with one attached hydrogen (secondary N) is 1. The van der Waals surface area contributed by atoms with Crippen molar-refractivity contribution in [1.29, 1.82) is 0 Å². The fourth-order valence-corrected chi connectivity index (χ4v) is 2.01. The van der Waals surface area contributed by atoms with Gasteiger partial charge in [0.25, 0.3) is 0 Å². The van der Waals surface area contributed by atoms with E-state index in [9.17, 15) is 4.39 Å². The van der Waals surface area contributed by atoms with Crippen LogP contribution in [0.4, 0.5) is 4.39 Å². The third kappa shape index (κ3) is 1.82. The molecule has 0 fully saturated rings. The summed E-state index contributed by atoms with van der Waals surface area (Å²) in [5.74, 6) is 0.171. The molecule has 1 aromatic carbocycles. The first-order valence-corrected chi connectivity index (χ1v) is 5.79. The Hall–Kier alpha value is -1.75. The lowest BCUT2D eigenvalue weighted by molar-refractivity contribution is 0.630. The maximum atomic E-state index is 13.7. The number of aromatic nitrogens is 3. The molecule has 0 saturated heterocycles. The lowest BCUT2D eigenvalue weighted by atomic mass is 10.2. The second-order valence-electron chi connectivity index (χ2n) is 3.58. The zero-order valence-electron chi connectivity index (χ0n) is 8.61. The molecule has 0 unspecified atom stereocenters. The van der Waals surface area contributed by atoms with Crippen molar-refractivity contribution in [2.75, 3.05) is 0 Å². The van der Waals surface area contributed by atoms with Crippen LogP contribution < -0.4 is 0 Å². The normalized spacial score (nSPS) is 10.9. The van der Waals surface area contributed by atoms with Crippen molar-refractivity contribution in [1.82, 2.24) is 15.0 Å². The largest absolute Gasteiger partial charge is 0.336 e. The molecule has 0 radical (unpaired) electrons. The van der Waals surface area contributed by atoms with E-state index in [1.165, 1.54) is 6.07 Å². The van der Waals surface area contributed by atoms with Gasteiger partial charge in [-0.2, -0.15) is 0 Å². The van der Waals surface area contributed by atoms with E-state index in [1.54, 1.807) is 18.3 Å². The van der Waals surface area contributed by atoms with Gasteiger partial charge in [-0.3, -0.25) is 0 Å². The predicted molar refractivity (Wildman–Crippen MR) is 67.0 cm³/mol. The third-order valence-corrected chi connectivity index (χ3v) is 2.93. The first-order valence-electron chi connectivity index (χ1n) is 5.00. The molecule has 3 rings (SSSR count). The maximum Gasteiger partial charge on any atom is 0.178 e. The Morgan fingerprint density at radius 1 is 1.24 bits per heavy atom. The Morgan fingerprint density at radius 3 is 2.94 bits per heavy atom. The van der Waals surface area contributed by atoms with Crippen LogP contribution in [0, 0.1) is 5.82 Å². The minimum absolute atomic E-state index is 0.313. The molecule has 3 nitrogen and oxygen atoms in total. The summed E-state index contributed by atoms with van der Waals surface area (Å²) in [5.41, 5.74) is 1.81. The molecule has 2 heterocycles. The highest BCUT2D eigenvalue weighted by Gasteiger charge is 2.10. The van der Waals surface area contributed by atoms with Crippen LogP contribution in [0.1, 0.15) is 0 Å². The minimum Gasteiger partial charge on any atom is -0.336 e. The van der Waals surface area contributed by atoms with E-state index >= 15 is 0 Å². The topological polar surface area (TPSA) is 41.6 Å². The molecule has 17 heavy (non-hydrogen) atoms. The van der Waals surface area contributed by atoms with Crippen molar-refractivity contribution in [2.24, 2.45) is 0 Å². The quantitative estimate of drug-likeness (QED) is 0.745. The maximum absolute atomic E-state index is 13.7. The highest BCUT2D eigenvalue weighted by molar-refractivity contribution is 9.10. The highest BCUT2D eigenvalue weighted by Crippen LogP contribution is 2.25. The van der Waals surface area contributed by atoms with Crippen LogP contribution in [-0.2, 0) is 0 Å². The molecule has 0 atom stereocenters. The number of nitrogens with zero attached hydrogens (tertiary/aromatic N) is 2. The Labute approximate surface area is 105 Å². The number of aromatic amines is 1. The molecule has 0 aliphatic heterocycles. The SMILES string of the molecule is Fc1ccc(Br)cc1-c1nc2ncccc2[nH]1. The van der Waals surface area contributed by atoms with Gasteiger partial charge in [0.1, 0.15) is 11.6 Å². The third-order valence-electron chi connectivity index (χ3n) is 2.44. The van der Waals surface area contributed by atoms with E-state index in [2.05, 4.69) is 30.9 Å². The molecule has 1 N–H and O–H groups in total. The van der Waals surface area contributed by atoms with Gasteiger partial charge in [0.15, 0.2) is 5.65 Å². The van der Waals surface area contributed by atoms with Gasteiger partial charge in [-0.15, -0.1) is 0 Å². The van der Waals surface area contributed by atoms with E-state index in [1.807, 2.05) is 12.1 Å². The lowest BCUT2D eigenvalue weighted by Crippen LogP contribution is -1.86. The van der Waals surface area contributed by atoms with Crippen molar-refractivity contribution in [3.8, 4) is 11.4 Å². The van der Waals surface area contributed by atoms with Gasteiger partial charge in [0, 0.05) is 10.7 Å². The minimum atomic E-state index is -0.313. The summed E-state index contributed by atoms with van der Waals surface area (Å²) in [7, 11) is 0. The van der Waals surface area contributed by atoms with E-state index in [4.69, 9.17) is 0 Å². The number of pyridine rings is 1. The van der Waals surface area contributed by atoms with E-state index in [0.717, 1.165) is 9.99 Å². The number of halogens is 2. The smallest absolute Gasteiger partial charge is 0.178 e. The fourth-order valence-electron chi connectivity index (χ4n) is 1.65. The molecule has 0 saturated carbocycles. The van der Waals surface area contributed by atoms with Crippen molar-refractivity contribution < 1.29 is 4.39 Å². The average molecular weight is 292 g/mol. The molecule has 0 amide bonds. The molecule has 84 valence electrons. The Kier molecular flexibility index (Phi) is 2.40. The lowest BCUT2D eigenvalue weighted by Gasteiger charge is -1.99. The van der Waals surface area contributed by atoms with Gasteiger partial charge in [0.2, 0.25) is 0 Å². The number of fused-ring (bicyclic) bond motifs is 1. The molecule has 0 aliphatic carbocycles. The van der Waals surface area contributed by atoms with Crippen molar-refractivity contribution >= 4 is 27.1 Å². The number of benzene rings is 1. The summed E-state index contributed by atoms with van der Waals surface area (Å²) in [4.78, 5) is 11.4. The van der Waals surface area contributed by atoms with Crippen LogP contribution in [0.25, 0.3) is 22.6 Å². The average Bonchev–Trinajstić information content (AvgIpc) is 2.75. The summed E-state index contributed by atoms with van der Waals surface area (Å²) in [6, 6.07) is 8.41. The summed E-state index contributed by atoms with van der Waals surface area (Å²) in [5, 5.41) is 0. The van der Waals surface area contributed by atoms with Crippen molar-refractivity contribution in [3.63, 3.8) is 0 Å². The fraction of sp³-hybridized carbons (Fsp3) is 0. The monoisotopic (exact) mass is 291 g/mol. The molecular formula is C12H7BrFN3. The predicted octanol–water partition coefficient (Wildman–Crippen LogP) is 3.53. The van der Waals surface area contributed by atoms with Crippen LogP contribution in [-0.4, -0.2) is 15.0 Å². The molecule has 5 heteroatoms. The van der Waals surface area contributed by atoms with Crippen LogP contribution in [0.3, 0.4) is 0 Å². The number of imidazole rings is 1. The van der Waals surface area contributed by atoms with Gasteiger partial charge in [0.05, 0.1) is 11.1 Å². The number of rotatable bonds is 1. The number of hydrogen-bond donors (Lipinski definition) is 1. The van der Waals surface area contributed by atoms with E-state index in [0.29, 0.717) is 17.0 Å². The van der Waals surface area contributed by atoms with E-state index < -0.39 is 0 Å². The van der Waals surface area contributed by atoms with Crippen molar-refractivity contribution in [2.45, 2.75) is 0 Å². The van der Waals surface area contributed by atoms with Gasteiger partial charge < -0.3 is 4.98 Å². The molecular weight excluding hydrogens is 285 g/mol. The zero-order valence-corrected chi connectivity index (χ0v) is 10.2. The van der Waals surface area contributed by atoms with Crippen LogP contribution in [0.2, 0.25) is 0 Å². The highest BCUT2D eigenvalue weighted by atomic mass is 79.9. The summed E-state index contributed by atoms with van der Waals surface area (Å²) in [6.07, 6.45) is 1.66. The van der Waals surface area contributed by atoms with Crippen LogP contribution >= 0.6 is 15.9 Å². The molecule has 0 aliphatic rings. The standard InChI is InChI=1S/C12H7BrFN3/c13-7-3-4-9(14)8(6-7)11-16-10-2-1-5-15-12(10)17-11/h1-6H,(H,15,16,17). The Balaban J connectivity index is 2.23. The van der Waals surface area contributed by atoms with Crippen LogP contribution in [0.15, 0.2) is 41.0 Å². The van der Waals surface area contributed by atoms with E-state index in [-0.39, 0.29) is 5.82 Å². The Bertz CT molecular complexity index is 660. The van der Waals surface area contributed by atoms with Gasteiger partial charge in [-0.1, -0.05) is 15.9 Å². The van der Waals surface area contributed by atoms with Crippen molar-refractivity contribution in [3.05, 3.63) is 46.8 Å².